The summed E-state index contributed by atoms with van der Waals surface area (Å²) in [6.07, 6.45) is 1.45. The number of benzene rings is 3. The van der Waals surface area contributed by atoms with Gasteiger partial charge >= 0.3 is 5.91 Å². The molecule has 0 radical (unpaired) electrons. The van der Waals surface area contributed by atoms with Gasteiger partial charge in [-0.15, -0.1) is 0 Å². The van der Waals surface area contributed by atoms with Gasteiger partial charge in [-0.2, -0.15) is 5.10 Å². The molecule has 0 aliphatic heterocycles. The fourth-order valence-electron chi connectivity index (χ4n) is 3.13. The van der Waals surface area contributed by atoms with Crippen LogP contribution in [0.4, 0.5) is 5.69 Å². The monoisotopic (exact) mass is 599 g/mol. The van der Waals surface area contributed by atoms with E-state index in [4.69, 9.17) is 13.9 Å². The molecule has 4 aromatic rings. The number of rotatable bonds is 8. The fraction of sp³-hybridized carbons (Fsp3) is 0.0800. The van der Waals surface area contributed by atoms with Crippen molar-refractivity contribution in [3.8, 4) is 11.5 Å². The van der Waals surface area contributed by atoms with Gasteiger partial charge in [0.1, 0.15) is 5.58 Å². The molecule has 0 bridgehead atoms. The number of carbonyl (C=O) groups excluding carboxylic acids is 2. The Kier molecular flexibility index (Phi) is 7.84. The summed E-state index contributed by atoms with van der Waals surface area (Å²) in [4.78, 5) is 24.6. The lowest BCUT2D eigenvalue weighted by molar-refractivity contribution is -0.118. The summed E-state index contributed by atoms with van der Waals surface area (Å²) in [5.74, 6) is 0.125. The first-order valence-corrected chi connectivity index (χ1v) is 11.9. The molecule has 0 spiro atoms. The lowest BCUT2D eigenvalue weighted by atomic mass is 10.2. The van der Waals surface area contributed by atoms with Crippen molar-refractivity contribution in [3.63, 3.8) is 0 Å². The van der Waals surface area contributed by atoms with E-state index >= 15 is 0 Å². The predicted molar refractivity (Wildman–Crippen MR) is 140 cm³/mol. The zero-order valence-electron chi connectivity index (χ0n) is 18.4. The molecule has 3 aromatic carbocycles. The van der Waals surface area contributed by atoms with Crippen molar-refractivity contribution in [1.29, 1.82) is 0 Å². The van der Waals surface area contributed by atoms with Gasteiger partial charge < -0.3 is 19.2 Å². The molecule has 0 saturated carbocycles. The number of ether oxygens (including phenoxy) is 2. The van der Waals surface area contributed by atoms with Crippen molar-refractivity contribution in [1.82, 2.24) is 5.43 Å². The topological polar surface area (TPSA) is 102 Å². The second-order valence-electron chi connectivity index (χ2n) is 7.22. The number of anilines is 1. The number of fused-ring (bicyclic) bond motifs is 1. The molecule has 0 saturated heterocycles. The van der Waals surface area contributed by atoms with Crippen molar-refractivity contribution in [3.05, 3.63) is 87.0 Å². The van der Waals surface area contributed by atoms with E-state index in [9.17, 15) is 9.59 Å². The maximum atomic E-state index is 12.4. The van der Waals surface area contributed by atoms with Crippen LogP contribution in [0.25, 0.3) is 11.0 Å². The van der Waals surface area contributed by atoms with E-state index in [1.165, 1.54) is 13.3 Å². The number of halogens is 2. The Labute approximate surface area is 217 Å². The molecule has 2 N–H and O–H groups in total. The van der Waals surface area contributed by atoms with Crippen LogP contribution in [0.15, 0.2) is 85.2 Å². The summed E-state index contributed by atoms with van der Waals surface area (Å²) in [7, 11) is 1.49. The molecule has 0 fully saturated rings. The summed E-state index contributed by atoms with van der Waals surface area (Å²) in [6, 6.07) is 19.5. The highest BCUT2D eigenvalue weighted by molar-refractivity contribution is 9.10. The molecule has 2 amide bonds. The molecule has 178 valence electrons. The van der Waals surface area contributed by atoms with E-state index in [1.54, 1.807) is 36.4 Å². The van der Waals surface area contributed by atoms with E-state index in [2.05, 4.69) is 47.7 Å². The largest absolute Gasteiger partial charge is 0.493 e. The maximum Gasteiger partial charge on any atom is 0.307 e. The normalized spacial score (nSPS) is 10.9. The highest BCUT2D eigenvalue weighted by Crippen LogP contribution is 2.33. The molecule has 1 aromatic heterocycles. The Hall–Kier alpha value is -3.63. The van der Waals surface area contributed by atoms with E-state index in [-0.39, 0.29) is 18.3 Å². The Morgan fingerprint density at radius 2 is 1.83 bits per heavy atom. The molecule has 0 aliphatic rings. The Bertz CT molecular complexity index is 1400. The van der Waals surface area contributed by atoms with Gasteiger partial charge in [-0.1, -0.05) is 34.1 Å². The number of nitrogens with zero attached hydrogens (tertiary/aromatic N) is 1. The first-order chi connectivity index (χ1) is 16.9. The molecule has 35 heavy (non-hydrogen) atoms. The molecule has 10 heteroatoms. The van der Waals surface area contributed by atoms with Crippen LogP contribution in [-0.4, -0.2) is 31.7 Å². The fourth-order valence-corrected chi connectivity index (χ4v) is 3.93. The second kappa shape index (κ2) is 11.2. The molecular formula is C25H19Br2N3O5. The van der Waals surface area contributed by atoms with Gasteiger partial charge in [0.25, 0.3) is 5.91 Å². The minimum atomic E-state index is -0.485. The van der Waals surface area contributed by atoms with E-state index in [0.29, 0.717) is 32.8 Å². The zero-order chi connectivity index (χ0) is 24.8. The van der Waals surface area contributed by atoms with Crippen LogP contribution in [0.5, 0.6) is 11.5 Å². The molecule has 0 atom stereocenters. The van der Waals surface area contributed by atoms with Crippen LogP contribution in [0.3, 0.4) is 0 Å². The second-order valence-corrected chi connectivity index (χ2v) is 8.99. The number of para-hydroxylation sites is 1. The highest BCUT2D eigenvalue weighted by atomic mass is 79.9. The van der Waals surface area contributed by atoms with Crippen LogP contribution in [0.2, 0.25) is 0 Å². The van der Waals surface area contributed by atoms with Crippen molar-refractivity contribution < 1.29 is 23.5 Å². The average Bonchev–Trinajstić information content (AvgIpc) is 3.27. The predicted octanol–water partition coefficient (Wildman–Crippen LogP) is 5.75. The summed E-state index contributed by atoms with van der Waals surface area (Å²) < 4.78 is 18.1. The molecular weight excluding hydrogens is 582 g/mol. The number of furan rings is 1. The summed E-state index contributed by atoms with van der Waals surface area (Å²) >= 11 is 6.84. The van der Waals surface area contributed by atoms with Gasteiger partial charge in [0.15, 0.2) is 23.9 Å². The number of methoxy groups -OCH3 is 1. The van der Waals surface area contributed by atoms with Gasteiger partial charge in [0.2, 0.25) is 0 Å². The van der Waals surface area contributed by atoms with Crippen molar-refractivity contribution in [2.75, 3.05) is 19.0 Å². The average molecular weight is 601 g/mol. The number of hydrazone groups is 1. The van der Waals surface area contributed by atoms with Gasteiger partial charge in [0.05, 0.1) is 13.3 Å². The lowest BCUT2D eigenvalue weighted by Gasteiger charge is -2.12. The SMILES string of the molecule is COc1cc(/C=N/NC(=O)c2cc3cc(Br)ccc3o2)c(Br)cc1OCC(=O)Nc1ccccc1. The number of amides is 2. The smallest absolute Gasteiger partial charge is 0.307 e. The Morgan fingerprint density at radius 3 is 2.60 bits per heavy atom. The number of nitrogens with one attached hydrogen (secondary N) is 2. The number of carbonyl (C=O) groups is 2. The molecule has 0 unspecified atom stereocenters. The first kappa shape index (κ1) is 24.5. The Balaban J connectivity index is 1.39. The quantitative estimate of drug-likeness (QED) is 0.198. The summed E-state index contributed by atoms with van der Waals surface area (Å²) in [5, 5.41) is 7.56. The van der Waals surface area contributed by atoms with Crippen LogP contribution in [0.1, 0.15) is 16.1 Å². The van der Waals surface area contributed by atoms with E-state index in [0.717, 1.165) is 9.86 Å². The Morgan fingerprint density at radius 1 is 1.03 bits per heavy atom. The van der Waals surface area contributed by atoms with Gasteiger partial charge in [0, 0.05) is 25.6 Å². The third-order valence-electron chi connectivity index (χ3n) is 4.77. The van der Waals surface area contributed by atoms with Crippen molar-refractivity contribution in [2.24, 2.45) is 5.10 Å². The number of hydrogen-bond acceptors (Lipinski definition) is 6. The zero-order valence-corrected chi connectivity index (χ0v) is 21.6. The minimum Gasteiger partial charge on any atom is -0.493 e. The summed E-state index contributed by atoms with van der Waals surface area (Å²) in [6.45, 7) is -0.199. The van der Waals surface area contributed by atoms with E-state index in [1.807, 2.05) is 30.3 Å². The third-order valence-corrected chi connectivity index (χ3v) is 5.95. The van der Waals surface area contributed by atoms with Crippen molar-refractivity contribution in [2.45, 2.75) is 0 Å². The molecule has 4 rings (SSSR count). The number of hydrogen-bond donors (Lipinski definition) is 2. The van der Waals surface area contributed by atoms with Gasteiger partial charge in [-0.05, 0) is 64.5 Å². The lowest BCUT2D eigenvalue weighted by Crippen LogP contribution is -2.20. The van der Waals surface area contributed by atoms with Gasteiger partial charge in [-0.3, -0.25) is 9.59 Å². The summed E-state index contributed by atoms with van der Waals surface area (Å²) in [5.41, 5.74) is 4.35. The third kappa shape index (κ3) is 6.28. The first-order valence-electron chi connectivity index (χ1n) is 10.3. The molecule has 1 heterocycles. The minimum absolute atomic E-state index is 0.143. The van der Waals surface area contributed by atoms with Crippen LogP contribution >= 0.6 is 31.9 Å². The van der Waals surface area contributed by atoms with E-state index < -0.39 is 5.91 Å². The molecule has 8 nitrogen and oxygen atoms in total. The van der Waals surface area contributed by atoms with Crippen LogP contribution in [0, 0.1) is 0 Å². The van der Waals surface area contributed by atoms with Gasteiger partial charge in [-0.25, -0.2) is 5.43 Å². The maximum absolute atomic E-state index is 12.4. The van der Waals surface area contributed by atoms with Crippen LogP contribution in [-0.2, 0) is 4.79 Å². The van der Waals surface area contributed by atoms with Crippen molar-refractivity contribution >= 4 is 66.5 Å². The molecule has 0 aliphatic carbocycles. The standard InChI is InChI=1S/C25H19Br2N3O5/c1-33-21-11-16(13-28-30-25(32)23-10-15-9-17(26)7-8-20(15)35-23)19(27)12-22(21)34-14-24(31)29-18-5-3-2-4-6-18/h2-13H,14H2,1H3,(H,29,31)(H,30,32)/b28-13+. The highest BCUT2D eigenvalue weighted by Gasteiger charge is 2.14. The van der Waals surface area contributed by atoms with Crippen LogP contribution < -0.4 is 20.2 Å².